The number of carbonyl (C=O) groups is 1. The molecule has 0 spiro atoms. The van der Waals surface area contributed by atoms with Crippen LogP contribution in [0, 0.1) is 0 Å². The van der Waals surface area contributed by atoms with Crippen LogP contribution < -0.4 is 9.46 Å². The van der Waals surface area contributed by atoms with Crippen LogP contribution in [0.5, 0.6) is 11.6 Å². The van der Waals surface area contributed by atoms with E-state index < -0.39 is 41.3 Å². The van der Waals surface area contributed by atoms with E-state index in [1.165, 1.54) is 44.0 Å². The normalized spacial score (nSPS) is 21.0. The average molecular weight is 465 g/mol. The molecule has 2 aromatic heterocycles. The van der Waals surface area contributed by atoms with Gasteiger partial charge in [0.05, 0.1) is 31.7 Å². The second-order valence-electron chi connectivity index (χ2n) is 6.83. The zero-order chi connectivity index (χ0) is 22.9. The lowest BCUT2D eigenvalue weighted by atomic mass is 10.2. The Labute approximate surface area is 181 Å². The van der Waals surface area contributed by atoms with Crippen LogP contribution in [0.1, 0.15) is 23.0 Å². The van der Waals surface area contributed by atoms with Crippen LogP contribution >= 0.6 is 0 Å². The summed E-state index contributed by atoms with van der Waals surface area (Å²) in [4.78, 5) is 24.4. The van der Waals surface area contributed by atoms with Gasteiger partial charge in [0.1, 0.15) is 24.4 Å². The maximum absolute atomic E-state index is 12.1. The first kappa shape index (κ1) is 21.9. The van der Waals surface area contributed by atoms with Crippen LogP contribution in [0.4, 0.5) is 0 Å². The molecule has 0 aliphatic carbocycles. The maximum Gasteiger partial charge on any atom is 0.362 e. The topological polar surface area (TPSA) is 175 Å². The van der Waals surface area contributed by atoms with Gasteiger partial charge >= 0.3 is 10.3 Å². The molecule has 14 heteroatoms. The third-order valence-electron chi connectivity index (χ3n) is 4.79. The Bertz CT molecular complexity index is 1250. The van der Waals surface area contributed by atoms with Crippen LogP contribution in [-0.2, 0) is 19.2 Å². The van der Waals surface area contributed by atoms with Crippen LogP contribution in [0.3, 0.4) is 0 Å². The Morgan fingerprint density at radius 3 is 2.84 bits per heavy atom. The lowest BCUT2D eigenvalue weighted by Gasteiger charge is -2.16. The highest BCUT2D eigenvalue weighted by atomic mass is 32.2. The van der Waals surface area contributed by atoms with Gasteiger partial charge in [-0.3, -0.25) is 13.5 Å². The number of aromatic hydroxyl groups is 1. The standard InChI is InChI=1S/C18H19N5O8S/c1-29-18-15-16(19-8-20-18)23(9-21-15)14-6-12(25)13(31-14)7-30-32(27,28)22-17(26)10-4-2-3-5-11(10)24/h2-5,8-9,12-14,24-25H,6-7H2,1H3,(H,22,26)/t12-,13+,14+/m0/s1. The molecule has 1 saturated heterocycles. The first-order valence-corrected chi connectivity index (χ1v) is 10.7. The Hall–Kier alpha value is -3.33. The number of nitrogens with zero attached hydrogens (tertiary/aromatic N) is 4. The second-order valence-corrected chi connectivity index (χ2v) is 8.17. The van der Waals surface area contributed by atoms with Gasteiger partial charge in [-0.15, -0.1) is 0 Å². The molecule has 170 valence electrons. The van der Waals surface area contributed by atoms with Gasteiger partial charge in [-0.05, 0) is 12.1 Å². The number of hydrogen-bond acceptors (Lipinski definition) is 11. The Balaban J connectivity index is 1.40. The monoisotopic (exact) mass is 465 g/mol. The molecule has 1 aliphatic heterocycles. The van der Waals surface area contributed by atoms with E-state index in [2.05, 4.69) is 15.0 Å². The van der Waals surface area contributed by atoms with Crippen molar-refractivity contribution in [3.8, 4) is 11.6 Å². The number of para-hydroxylation sites is 1. The molecule has 3 N–H and O–H groups in total. The number of methoxy groups -OCH3 is 1. The van der Waals surface area contributed by atoms with Gasteiger partial charge in [0.25, 0.3) is 5.91 Å². The number of rotatable bonds is 7. The van der Waals surface area contributed by atoms with E-state index in [0.717, 1.165) is 0 Å². The van der Waals surface area contributed by atoms with Crippen LogP contribution in [0.25, 0.3) is 11.2 Å². The summed E-state index contributed by atoms with van der Waals surface area (Å²) in [6.07, 6.45) is 0.123. The fourth-order valence-electron chi connectivity index (χ4n) is 3.25. The molecule has 1 aromatic carbocycles. The number of phenolic OH excluding ortho intramolecular Hbond substituents is 1. The van der Waals surface area contributed by atoms with Gasteiger partial charge in [0.15, 0.2) is 11.2 Å². The third kappa shape index (κ3) is 4.34. The highest BCUT2D eigenvalue weighted by Crippen LogP contribution is 2.32. The molecule has 32 heavy (non-hydrogen) atoms. The van der Waals surface area contributed by atoms with Crippen molar-refractivity contribution in [1.82, 2.24) is 24.2 Å². The number of imidazole rings is 1. The number of benzene rings is 1. The number of aromatic nitrogens is 4. The summed E-state index contributed by atoms with van der Waals surface area (Å²) >= 11 is 0. The van der Waals surface area contributed by atoms with E-state index in [-0.39, 0.29) is 23.6 Å². The van der Waals surface area contributed by atoms with Crippen molar-refractivity contribution in [2.45, 2.75) is 24.9 Å². The molecule has 1 amide bonds. The molecule has 0 radical (unpaired) electrons. The fraction of sp³-hybridized carbons (Fsp3) is 0.333. The maximum atomic E-state index is 12.1. The van der Waals surface area contributed by atoms with Crippen molar-refractivity contribution in [2.75, 3.05) is 13.7 Å². The third-order valence-corrected chi connectivity index (χ3v) is 5.67. The summed E-state index contributed by atoms with van der Waals surface area (Å²) in [7, 11) is -3.08. The highest BCUT2D eigenvalue weighted by molar-refractivity contribution is 7.85. The number of amides is 1. The van der Waals surface area contributed by atoms with E-state index in [0.29, 0.717) is 11.2 Å². The zero-order valence-corrected chi connectivity index (χ0v) is 17.5. The molecule has 3 atom stereocenters. The molecule has 3 aromatic rings. The first-order valence-electron chi connectivity index (χ1n) is 9.33. The smallest absolute Gasteiger partial charge is 0.362 e. The number of aliphatic hydroxyl groups excluding tert-OH is 1. The minimum atomic E-state index is -4.53. The van der Waals surface area contributed by atoms with E-state index in [1.54, 1.807) is 9.29 Å². The molecule has 1 fully saturated rings. The summed E-state index contributed by atoms with van der Waals surface area (Å²) in [5.41, 5.74) is 0.585. The highest BCUT2D eigenvalue weighted by Gasteiger charge is 2.37. The minimum Gasteiger partial charge on any atom is -0.507 e. The zero-order valence-electron chi connectivity index (χ0n) is 16.7. The van der Waals surface area contributed by atoms with Crippen LogP contribution in [0.2, 0.25) is 0 Å². The largest absolute Gasteiger partial charge is 0.507 e. The Morgan fingerprint density at radius 1 is 1.31 bits per heavy atom. The summed E-state index contributed by atoms with van der Waals surface area (Å²) in [5, 5.41) is 20.0. The molecule has 13 nitrogen and oxygen atoms in total. The van der Waals surface area contributed by atoms with Crippen LogP contribution in [-0.4, -0.2) is 70.0 Å². The molecular weight excluding hydrogens is 446 g/mol. The molecule has 0 saturated carbocycles. The summed E-state index contributed by atoms with van der Waals surface area (Å²) in [6.45, 7) is -0.550. The van der Waals surface area contributed by atoms with Gasteiger partial charge in [0, 0.05) is 6.42 Å². The van der Waals surface area contributed by atoms with Crippen molar-refractivity contribution in [3.05, 3.63) is 42.5 Å². The molecular formula is C18H19N5O8S. The minimum absolute atomic E-state index is 0.121. The second kappa shape index (κ2) is 8.66. The van der Waals surface area contributed by atoms with Gasteiger partial charge < -0.3 is 19.7 Å². The summed E-state index contributed by atoms with van der Waals surface area (Å²) < 4.78 is 43.2. The average Bonchev–Trinajstić information content (AvgIpc) is 3.35. The van der Waals surface area contributed by atoms with Gasteiger partial charge in [-0.25, -0.2) is 14.7 Å². The van der Waals surface area contributed by atoms with E-state index in [9.17, 15) is 23.4 Å². The SMILES string of the molecule is COc1ncnc2c1ncn2[C@H]1C[C@H](O)[C@@H](COS(=O)(=O)NC(=O)c2ccccc2O)O1. The van der Waals surface area contributed by atoms with Crippen molar-refractivity contribution >= 4 is 27.4 Å². The van der Waals surface area contributed by atoms with Crippen molar-refractivity contribution in [1.29, 1.82) is 0 Å². The van der Waals surface area contributed by atoms with E-state index >= 15 is 0 Å². The van der Waals surface area contributed by atoms with E-state index in [1.807, 2.05) is 0 Å². The first-order chi connectivity index (χ1) is 15.3. The predicted molar refractivity (Wildman–Crippen MR) is 107 cm³/mol. The quantitative estimate of drug-likeness (QED) is 0.424. The Kier molecular flexibility index (Phi) is 5.92. The number of nitrogens with one attached hydrogen (secondary N) is 1. The number of ether oxygens (including phenoxy) is 2. The summed E-state index contributed by atoms with van der Waals surface area (Å²) in [6, 6.07) is 5.44. The van der Waals surface area contributed by atoms with Gasteiger partial charge in [-0.1, -0.05) is 12.1 Å². The van der Waals surface area contributed by atoms with Gasteiger partial charge in [-0.2, -0.15) is 13.4 Å². The van der Waals surface area contributed by atoms with Gasteiger partial charge in [0.2, 0.25) is 5.88 Å². The number of carbonyl (C=O) groups excluding carboxylic acids is 1. The molecule has 1 aliphatic rings. The number of hydrogen-bond donors (Lipinski definition) is 3. The number of aliphatic hydroxyl groups is 1. The number of phenols is 1. The fourth-order valence-corrected chi connectivity index (χ4v) is 3.96. The molecule has 0 bridgehead atoms. The summed E-state index contributed by atoms with van der Waals surface area (Å²) in [5.74, 6) is -1.17. The van der Waals surface area contributed by atoms with Crippen molar-refractivity contribution in [2.24, 2.45) is 0 Å². The Morgan fingerprint density at radius 2 is 2.09 bits per heavy atom. The molecule has 4 rings (SSSR count). The predicted octanol–water partition coefficient (Wildman–Crippen LogP) is -0.120. The molecule has 0 unspecified atom stereocenters. The van der Waals surface area contributed by atoms with Crippen molar-refractivity contribution in [3.63, 3.8) is 0 Å². The molecule has 3 heterocycles. The van der Waals surface area contributed by atoms with Crippen LogP contribution in [0.15, 0.2) is 36.9 Å². The lowest BCUT2D eigenvalue weighted by Crippen LogP contribution is -2.36. The van der Waals surface area contributed by atoms with Crippen molar-refractivity contribution < 1.29 is 37.1 Å². The number of fused-ring (bicyclic) bond motifs is 1. The van der Waals surface area contributed by atoms with E-state index in [4.69, 9.17) is 13.7 Å². The lowest BCUT2D eigenvalue weighted by molar-refractivity contribution is -0.0373.